The minimum Gasteiger partial charge on any atom is -0.356 e. The van der Waals surface area contributed by atoms with E-state index < -0.39 is 0 Å². The van der Waals surface area contributed by atoms with Gasteiger partial charge >= 0.3 is 0 Å². The molecule has 1 amide bonds. The summed E-state index contributed by atoms with van der Waals surface area (Å²) in [4.78, 5) is 23.9. The Labute approximate surface area is 162 Å². The molecule has 0 saturated heterocycles. The number of aryl methyl sites for hydroxylation is 1. The van der Waals surface area contributed by atoms with Crippen LogP contribution in [0.2, 0.25) is 10.0 Å². The number of hydrogen-bond acceptors (Lipinski definition) is 3. The number of nitrogens with one attached hydrogen (secondary N) is 1. The summed E-state index contributed by atoms with van der Waals surface area (Å²) in [6.45, 7) is 2.17. The molecule has 0 aliphatic rings. The van der Waals surface area contributed by atoms with Crippen molar-refractivity contribution in [1.82, 2.24) is 5.32 Å². The molecule has 0 aliphatic heterocycles. The standard InChI is InChI=1S/C19H19Cl2NO2S/c1-13(23)22-11-3-4-14-7-9-15(10-8-14)18(24)12-25-19-16(20)5-2-6-17(19)21/h2,5-10H,3-4,11-12H2,1H3,(H,22,23). The second-order valence-electron chi connectivity index (χ2n) is 5.55. The summed E-state index contributed by atoms with van der Waals surface area (Å²) >= 11 is 13.6. The lowest BCUT2D eigenvalue weighted by Crippen LogP contribution is -2.21. The van der Waals surface area contributed by atoms with E-state index in [1.165, 1.54) is 18.7 Å². The van der Waals surface area contributed by atoms with Crippen molar-refractivity contribution in [2.75, 3.05) is 12.3 Å². The molecule has 2 aromatic carbocycles. The van der Waals surface area contributed by atoms with Crippen LogP contribution in [0, 0.1) is 0 Å². The van der Waals surface area contributed by atoms with Gasteiger partial charge in [0.1, 0.15) is 0 Å². The molecule has 0 atom stereocenters. The van der Waals surface area contributed by atoms with Gasteiger partial charge in [-0.3, -0.25) is 9.59 Å². The van der Waals surface area contributed by atoms with E-state index in [0.717, 1.165) is 23.3 Å². The maximum atomic E-state index is 12.3. The Kier molecular flexibility index (Phi) is 7.82. The average Bonchev–Trinajstić information content (AvgIpc) is 2.58. The molecule has 0 heterocycles. The van der Waals surface area contributed by atoms with Gasteiger partial charge in [-0.1, -0.05) is 53.5 Å². The topological polar surface area (TPSA) is 46.2 Å². The van der Waals surface area contributed by atoms with Crippen LogP contribution in [0.4, 0.5) is 0 Å². The van der Waals surface area contributed by atoms with Crippen LogP contribution >= 0.6 is 35.0 Å². The molecule has 132 valence electrons. The van der Waals surface area contributed by atoms with Crippen molar-refractivity contribution in [2.45, 2.75) is 24.7 Å². The van der Waals surface area contributed by atoms with Crippen LogP contribution in [0.15, 0.2) is 47.4 Å². The first-order valence-corrected chi connectivity index (χ1v) is 9.65. The number of carbonyl (C=O) groups excluding carboxylic acids is 2. The van der Waals surface area contributed by atoms with Gasteiger partial charge in [-0.2, -0.15) is 0 Å². The Balaban J connectivity index is 1.87. The van der Waals surface area contributed by atoms with Crippen molar-refractivity contribution in [3.8, 4) is 0 Å². The maximum Gasteiger partial charge on any atom is 0.216 e. The summed E-state index contributed by atoms with van der Waals surface area (Å²) in [5.41, 5.74) is 1.81. The van der Waals surface area contributed by atoms with E-state index in [9.17, 15) is 9.59 Å². The predicted octanol–water partition coefficient (Wildman–Crippen LogP) is 5.04. The van der Waals surface area contributed by atoms with E-state index >= 15 is 0 Å². The number of carbonyl (C=O) groups is 2. The summed E-state index contributed by atoms with van der Waals surface area (Å²) in [5.74, 6) is 0.300. The van der Waals surface area contributed by atoms with Gasteiger partial charge < -0.3 is 5.32 Å². The lowest BCUT2D eigenvalue weighted by molar-refractivity contribution is -0.118. The number of rotatable bonds is 8. The van der Waals surface area contributed by atoms with Gasteiger partial charge in [0.15, 0.2) is 5.78 Å². The summed E-state index contributed by atoms with van der Waals surface area (Å²) in [6, 6.07) is 12.9. The zero-order chi connectivity index (χ0) is 18.2. The molecule has 6 heteroatoms. The average molecular weight is 396 g/mol. The largest absolute Gasteiger partial charge is 0.356 e. The lowest BCUT2D eigenvalue weighted by atomic mass is 10.1. The Hall–Kier alpha value is -1.49. The molecule has 3 nitrogen and oxygen atoms in total. The smallest absolute Gasteiger partial charge is 0.216 e. The van der Waals surface area contributed by atoms with E-state index in [2.05, 4.69) is 5.32 Å². The number of benzene rings is 2. The van der Waals surface area contributed by atoms with Gasteiger partial charge in [0.2, 0.25) is 5.91 Å². The Bertz CT molecular complexity index is 727. The number of Topliss-reactive ketones (excluding diaryl/α,β-unsaturated/α-hetero) is 1. The van der Waals surface area contributed by atoms with Crippen LogP contribution in [-0.2, 0) is 11.2 Å². The fraction of sp³-hybridized carbons (Fsp3) is 0.263. The zero-order valence-corrected chi connectivity index (χ0v) is 16.2. The van der Waals surface area contributed by atoms with Crippen molar-refractivity contribution in [3.63, 3.8) is 0 Å². The van der Waals surface area contributed by atoms with Crippen molar-refractivity contribution >= 4 is 46.7 Å². The molecular formula is C19H19Cl2NO2S. The molecule has 2 rings (SSSR count). The normalized spacial score (nSPS) is 10.5. The van der Waals surface area contributed by atoms with Gasteiger partial charge in [0, 0.05) is 23.9 Å². The van der Waals surface area contributed by atoms with E-state index in [1.807, 2.05) is 24.3 Å². The van der Waals surface area contributed by atoms with Crippen molar-refractivity contribution in [2.24, 2.45) is 0 Å². The highest BCUT2D eigenvalue weighted by molar-refractivity contribution is 8.00. The molecule has 0 bridgehead atoms. The minimum absolute atomic E-state index is 0.0166. The number of thioether (sulfide) groups is 1. The molecule has 0 spiro atoms. The highest BCUT2D eigenvalue weighted by atomic mass is 35.5. The first-order valence-electron chi connectivity index (χ1n) is 7.91. The third-order valence-electron chi connectivity index (χ3n) is 3.56. The van der Waals surface area contributed by atoms with Crippen LogP contribution < -0.4 is 5.32 Å². The van der Waals surface area contributed by atoms with E-state index in [0.29, 0.717) is 22.2 Å². The Morgan fingerprint density at radius 3 is 2.28 bits per heavy atom. The predicted molar refractivity (Wildman–Crippen MR) is 105 cm³/mol. The van der Waals surface area contributed by atoms with Gasteiger partial charge in [0.25, 0.3) is 0 Å². The first-order chi connectivity index (χ1) is 12.0. The molecule has 25 heavy (non-hydrogen) atoms. The summed E-state index contributed by atoms with van der Waals surface area (Å²) < 4.78 is 0. The molecule has 2 aromatic rings. The van der Waals surface area contributed by atoms with Crippen LogP contribution in [0.1, 0.15) is 29.3 Å². The molecule has 0 aliphatic carbocycles. The number of amides is 1. The Morgan fingerprint density at radius 2 is 1.68 bits per heavy atom. The third kappa shape index (κ3) is 6.38. The van der Waals surface area contributed by atoms with Crippen LogP contribution in [0.3, 0.4) is 0 Å². The van der Waals surface area contributed by atoms with Crippen LogP contribution in [0.25, 0.3) is 0 Å². The second-order valence-corrected chi connectivity index (χ2v) is 7.35. The maximum absolute atomic E-state index is 12.3. The highest BCUT2D eigenvalue weighted by Gasteiger charge is 2.11. The minimum atomic E-state index is -0.0166. The third-order valence-corrected chi connectivity index (χ3v) is 5.55. The quantitative estimate of drug-likeness (QED) is 0.386. The SMILES string of the molecule is CC(=O)NCCCc1ccc(C(=O)CSc2c(Cl)cccc2Cl)cc1. The molecule has 0 unspecified atom stereocenters. The number of halogens is 2. The van der Waals surface area contributed by atoms with Crippen LogP contribution in [-0.4, -0.2) is 24.0 Å². The van der Waals surface area contributed by atoms with Gasteiger partial charge in [-0.15, -0.1) is 11.8 Å². The number of hydrogen-bond donors (Lipinski definition) is 1. The summed E-state index contributed by atoms with van der Waals surface area (Å²) in [6.07, 6.45) is 1.73. The van der Waals surface area contributed by atoms with Gasteiger partial charge in [-0.05, 0) is 30.5 Å². The summed E-state index contributed by atoms with van der Waals surface area (Å²) in [5, 5.41) is 3.88. The lowest BCUT2D eigenvalue weighted by Gasteiger charge is -2.07. The fourth-order valence-electron chi connectivity index (χ4n) is 2.26. The molecule has 0 fully saturated rings. The molecule has 0 radical (unpaired) electrons. The molecule has 1 N–H and O–H groups in total. The van der Waals surface area contributed by atoms with E-state index in [4.69, 9.17) is 23.2 Å². The van der Waals surface area contributed by atoms with Gasteiger partial charge in [-0.25, -0.2) is 0 Å². The van der Waals surface area contributed by atoms with Crippen molar-refractivity contribution < 1.29 is 9.59 Å². The fourth-order valence-corrected chi connectivity index (χ4v) is 3.83. The first kappa shape index (κ1) is 19.8. The molecule has 0 aromatic heterocycles. The van der Waals surface area contributed by atoms with Gasteiger partial charge in [0.05, 0.1) is 15.8 Å². The molecular weight excluding hydrogens is 377 g/mol. The number of ketones is 1. The zero-order valence-electron chi connectivity index (χ0n) is 13.9. The second kappa shape index (κ2) is 9.85. The Morgan fingerprint density at radius 1 is 1.04 bits per heavy atom. The van der Waals surface area contributed by atoms with E-state index in [-0.39, 0.29) is 17.4 Å². The van der Waals surface area contributed by atoms with E-state index in [1.54, 1.807) is 18.2 Å². The highest BCUT2D eigenvalue weighted by Crippen LogP contribution is 2.34. The molecule has 0 saturated carbocycles. The van der Waals surface area contributed by atoms with Crippen molar-refractivity contribution in [1.29, 1.82) is 0 Å². The summed E-state index contributed by atoms with van der Waals surface area (Å²) in [7, 11) is 0. The monoisotopic (exact) mass is 395 g/mol. The van der Waals surface area contributed by atoms with Crippen LogP contribution in [0.5, 0.6) is 0 Å². The van der Waals surface area contributed by atoms with Crippen molar-refractivity contribution in [3.05, 3.63) is 63.6 Å².